The number of hydrogen-bond donors (Lipinski definition) is 1. The van der Waals surface area contributed by atoms with E-state index in [0.717, 1.165) is 11.1 Å². The first-order chi connectivity index (χ1) is 10.1. The first-order valence-corrected chi connectivity index (χ1v) is 8.28. The van der Waals surface area contributed by atoms with Crippen LogP contribution in [0.3, 0.4) is 0 Å². The van der Waals surface area contributed by atoms with Crippen LogP contribution in [-0.2, 0) is 14.8 Å². The zero-order chi connectivity index (χ0) is 15.3. The number of nitrogens with zero attached hydrogens (tertiary/aromatic N) is 1. The molecular formula is C15H19NO4S. The van der Waals surface area contributed by atoms with Crippen LogP contribution in [0.5, 0.6) is 0 Å². The van der Waals surface area contributed by atoms with Crippen molar-refractivity contribution in [1.82, 2.24) is 4.31 Å². The number of aliphatic hydroxyl groups excluding tert-OH is 1. The number of hydrogen-bond acceptors (Lipinski definition) is 4. The summed E-state index contributed by atoms with van der Waals surface area (Å²) in [5.74, 6) is 5.77. The van der Waals surface area contributed by atoms with Crippen molar-refractivity contribution in [3.05, 3.63) is 29.3 Å². The first-order valence-electron chi connectivity index (χ1n) is 6.84. The first kappa shape index (κ1) is 16.0. The fourth-order valence-corrected chi connectivity index (χ4v) is 3.58. The van der Waals surface area contributed by atoms with E-state index in [-0.39, 0.29) is 11.5 Å². The van der Waals surface area contributed by atoms with E-state index in [1.807, 2.05) is 6.92 Å². The molecular weight excluding hydrogens is 290 g/mol. The molecule has 5 nitrogen and oxygen atoms in total. The largest absolute Gasteiger partial charge is 0.395 e. The highest BCUT2D eigenvalue weighted by atomic mass is 32.2. The Kier molecular flexibility index (Phi) is 5.37. The lowest BCUT2D eigenvalue weighted by Gasteiger charge is -2.26. The lowest BCUT2D eigenvalue weighted by Crippen LogP contribution is -2.40. The van der Waals surface area contributed by atoms with Crippen LogP contribution in [0.4, 0.5) is 0 Å². The molecule has 21 heavy (non-hydrogen) atoms. The van der Waals surface area contributed by atoms with Crippen molar-refractivity contribution in [1.29, 1.82) is 0 Å². The Morgan fingerprint density at radius 1 is 1.33 bits per heavy atom. The van der Waals surface area contributed by atoms with Gasteiger partial charge in [-0.15, -0.1) is 0 Å². The summed E-state index contributed by atoms with van der Waals surface area (Å²) in [6.45, 7) is 3.50. The minimum absolute atomic E-state index is 0.0234. The standard InChI is InChI=1S/C15H19NO4S/c1-13-12-15(6-5-14(13)4-2-3-9-17)21(18,19)16-7-10-20-11-8-16/h5-6,12,17H,3,7-11H2,1H3. The van der Waals surface area contributed by atoms with E-state index in [4.69, 9.17) is 9.84 Å². The van der Waals surface area contributed by atoms with Crippen LogP contribution in [0.2, 0.25) is 0 Å². The molecule has 1 N–H and O–H groups in total. The normalized spacial score (nSPS) is 16.3. The smallest absolute Gasteiger partial charge is 0.243 e. The number of rotatable bonds is 3. The highest BCUT2D eigenvalue weighted by Crippen LogP contribution is 2.20. The summed E-state index contributed by atoms with van der Waals surface area (Å²) in [6.07, 6.45) is 0.410. The molecule has 1 aromatic carbocycles. The molecule has 1 aliphatic heterocycles. The highest BCUT2D eigenvalue weighted by molar-refractivity contribution is 7.89. The number of aryl methyl sites for hydroxylation is 1. The van der Waals surface area contributed by atoms with E-state index in [9.17, 15) is 8.42 Å². The zero-order valence-electron chi connectivity index (χ0n) is 12.0. The van der Waals surface area contributed by atoms with Crippen molar-refractivity contribution >= 4 is 10.0 Å². The molecule has 0 bridgehead atoms. The van der Waals surface area contributed by atoms with Crippen LogP contribution in [-0.4, -0.2) is 50.7 Å². The van der Waals surface area contributed by atoms with Gasteiger partial charge in [0.1, 0.15) is 0 Å². The molecule has 0 spiro atoms. The lowest BCUT2D eigenvalue weighted by molar-refractivity contribution is 0.0730. The van der Waals surface area contributed by atoms with Gasteiger partial charge in [-0.2, -0.15) is 4.31 Å². The SMILES string of the molecule is Cc1cc(S(=O)(=O)N2CCOCC2)ccc1C#CCCO. The maximum Gasteiger partial charge on any atom is 0.243 e. The van der Waals surface area contributed by atoms with Crippen LogP contribution in [0, 0.1) is 18.8 Å². The Hall–Kier alpha value is -1.39. The summed E-state index contributed by atoms with van der Waals surface area (Å²) in [6, 6.07) is 4.95. The second-order valence-electron chi connectivity index (χ2n) is 4.77. The molecule has 1 heterocycles. The van der Waals surface area contributed by atoms with Crippen LogP contribution < -0.4 is 0 Å². The molecule has 1 saturated heterocycles. The average molecular weight is 309 g/mol. The quantitative estimate of drug-likeness (QED) is 0.837. The van der Waals surface area contributed by atoms with Gasteiger partial charge >= 0.3 is 0 Å². The van der Waals surface area contributed by atoms with Crippen molar-refractivity contribution in [2.75, 3.05) is 32.9 Å². The van der Waals surface area contributed by atoms with E-state index in [0.29, 0.717) is 32.7 Å². The van der Waals surface area contributed by atoms with Crippen LogP contribution >= 0.6 is 0 Å². The predicted molar refractivity (Wildman–Crippen MR) is 79.3 cm³/mol. The molecule has 0 unspecified atom stereocenters. The van der Waals surface area contributed by atoms with E-state index in [2.05, 4.69) is 11.8 Å². The Bertz CT molecular complexity index is 652. The van der Waals surface area contributed by atoms with Crippen LogP contribution in [0.25, 0.3) is 0 Å². The van der Waals surface area contributed by atoms with Gasteiger partial charge in [-0.3, -0.25) is 0 Å². The number of aliphatic hydroxyl groups is 1. The molecule has 114 valence electrons. The summed E-state index contributed by atoms with van der Waals surface area (Å²) in [5, 5.41) is 8.71. The van der Waals surface area contributed by atoms with Gasteiger partial charge < -0.3 is 9.84 Å². The van der Waals surface area contributed by atoms with Gasteiger partial charge in [-0.05, 0) is 30.7 Å². The van der Waals surface area contributed by atoms with Gasteiger partial charge in [0.25, 0.3) is 0 Å². The number of benzene rings is 1. The van der Waals surface area contributed by atoms with Gasteiger partial charge in [0.05, 0.1) is 24.7 Å². The molecule has 0 aliphatic carbocycles. The maximum absolute atomic E-state index is 12.5. The third-order valence-corrected chi connectivity index (χ3v) is 5.16. The second-order valence-corrected chi connectivity index (χ2v) is 6.71. The molecule has 1 aliphatic rings. The zero-order valence-corrected chi connectivity index (χ0v) is 12.8. The van der Waals surface area contributed by atoms with Gasteiger partial charge in [0, 0.05) is 25.1 Å². The van der Waals surface area contributed by atoms with E-state index in [1.165, 1.54) is 4.31 Å². The van der Waals surface area contributed by atoms with Crippen molar-refractivity contribution in [3.63, 3.8) is 0 Å². The van der Waals surface area contributed by atoms with Crippen molar-refractivity contribution in [3.8, 4) is 11.8 Å². The molecule has 0 atom stereocenters. The molecule has 6 heteroatoms. The van der Waals surface area contributed by atoms with Crippen LogP contribution in [0.1, 0.15) is 17.5 Å². The van der Waals surface area contributed by atoms with E-state index < -0.39 is 10.0 Å². The lowest BCUT2D eigenvalue weighted by atomic mass is 10.1. The number of sulfonamides is 1. The minimum Gasteiger partial charge on any atom is -0.395 e. The van der Waals surface area contributed by atoms with Crippen LogP contribution in [0.15, 0.2) is 23.1 Å². The van der Waals surface area contributed by atoms with Crippen molar-refractivity contribution in [2.45, 2.75) is 18.2 Å². The maximum atomic E-state index is 12.5. The topological polar surface area (TPSA) is 66.8 Å². The molecule has 2 rings (SSSR count). The van der Waals surface area contributed by atoms with Gasteiger partial charge in [0.2, 0.25) is 10.0 Å². The third-order valence-electron chi connectivity index (χ3n) is 3.27. The minimum atomic E-state index is -3.46. The summed E-state index contributed by atoms with van der Waals surface area (Å²) in [4.78, 5) is 0.287. The van der Waals surface area contributed by atoms with E-state index in [1.54, 1.807) is 18.2 Å². The molecule has 0 aromatic heterocycles. The molecule has 0 amide bonds. The third kappa shape index (κ3) is 3.83. The van der Waals surface area contributed by atoms with Gasteiger partial charge in [0.15, 0.2) is 0 Å². The van der Waals surface area contributed by atoms with Crippen molar-refractivity contribution < 1.29 is 18.3 Å². The van der Waals surface area contributed by atoms with Gasteiger partial charge in [-0.25, -0.2) is 8.42 Å². The summed E-state index contributed by atoms with van der Waals surface area (Å²) in [7, 11) is -3.46. The monoisotopic (exact) mass is 309 g/mol. The Labute approximate surface area is 125 Å². The summed E-state index contributed by atoms with van der Waals surface area (Å²) < 4.78 is 31.7. The van der Waals surface area contributed by atoms with Crippen molar-refractivity contribution in [2.24, 2.45) is 0 Å². The second kappa shape index (κ2) is 7.05. The molecule has 0 radical (unpaired) electrons. The Balaban J connectivity index is 2.25. The number of morpholine rings is 1. The fourth-order valence-electron chi connectivity index (χ4n) is 2.09. The molecule has 1 aromatic rings. The number of ether oxygens (including phenoxy) is 1. The average Bonchev–Trinajstić information content (AvgIpc) is 2.50. The molecule has 1 fully saturated rings. The predicted octanol–water partition coefficient (Wildman–Crippen LogP) is 0.750. The van der Waals surface area contributed by atoms with Gasteiger partial charge in [-0.1, -0.05) is 11.8 Å². The van der Waals surface area contributed by atoms with E-state index >= 15 is 0 Å². The summed E-state index contributed by atoms with van der Waals surface area (Å²) in [5.41, 5.74) is 1.60. The summed E-state index contributed by atoms with van der Waals surface area (Å²) >= 11 is 0. The Morgan fingerprint density at radius 3 is 2.67 bits per heavy atom. The highest BCUT2D eigenvalue weighted by Gasteiger charge is 2.26. The fraction of sp³-hybridized carbons (Fsp3) is 0.467. The Morgan fingerprint density at radius 2 is 2.05 bits per heavy atom. The molecule has 0 saturated carbocycles.